The largest absolute Gasteiger partial charge is 0.481 e. The molecule has 0 radical (unpaired) electrons. The van der Waals surface area contributed by atoms with E-state index in [1.54, 1.807) is 30.0 Å². The molecule has 0 bridgehead atoms. The molecule has 1 aliphatic heterocycles. The maximum absolute atomic E-state index is 13.3. The van der Waals surface area contributed by atoms with Crippen LogP contribution in [-0.2, 0) is 21.2 Å². The second-order valence-corrected chi connectivity index (χ2v) is 10.8. The smallest absolute Gasteiger partial charge is 0.263 e. The molecule has 1 heterocycles. The molecule has 1 saturated heterocycles. The Labute approximate surface area is 187 Å². The first-order chi connectivity index (χ1) is 14.1. The van der Waals surface area contributed by atoms with Crippen molar-refractivity contribution in [1.29, 1.82) is 0 Å². The average molecular weight is 470 g/mol. The number of hydrogen-bond donors (Lipinski definition) is 0. The summed E-state index contributed by atoms with van der Waals surface area (Å²) in [6, 6.07) is 10.4. The molecule has 30 heavy (non-hydrogen) atoms. The molecule has 0 saturated carbocycles. The average Bonchev–Trinajstić information content (AvgIpc) is 3.04. The fourth-order valence-corrected chi connectivity index (χ4v) is 5.72. The predicted molar refractivity (Wildman–Crippen MR) is 120 cm³/mol. The maximum Gasteiger partial charge on any atom is 0.263 e. The van der Waals surface area contributed by atoms with Gasteiger partial charge >= 0.3 is 0 Å². The molecule has 0 N–H and O–H groups in total. The van der Waals surface area contributed by atoms with Crippen LogP contribution in [0.5, 0.6) is 5.75 Å². The number of benzene rings is 2. The number of carbonyl (C=O) groups is 1. The second kappa shape index (κ2) is 9.16. The van der Waals surface area contributed by atoms with Gasteiger partial charge in [0, 0.05) is 22.6 Å². The molecule has 1 aliphatic rings. The van der Waals surface area contributed by atoms with E-state index in [9.17, 15) is 13.2 Å². The van der Waals surface area contributed by atoms with Gasteiger partial charge in [-0.1, -0.05) is 41.4 Å². The molecule has 2 aromatic rings. The summed E-state index contributed by atoms with van der Waals surface area (Å²) in [6.45, 7) is 5.65. The molecule has 0 unspecified atom stereocenters. The van der Waals surface area contributed by atoms with Crippen LogP contribution in [0, 0.1) is 13.8 Å². The number of halogens is 2. The molecule has 2 atom stereocenters. The van der Waals surface area contributed by atoms with E-state index < -0.39 is 22.0 Å². The SMILES string of the molecule is Cc1cc(O[C@H](C)C(=O)N(Cc2ccccc2Cl)[C@@H]2CCS(=O)(=O)C2)cc(C)c1Cl. The summed E-state index contributed by atoms with van der Waals surface area (Å²) in [6.07, 6.45) is -0.388. The molecule has 3 rings (SSSR count). The molecule has 8 heteroatoms. The minimum atomic E-state index is -3.16. The number of rotatable bonds is 6. The highest BCUT2D eigenvalue weighted by molar-refractivity contribution is 7.91. The highest BCUT2D eigenvalue weighted by atomic mass is 35.5. The summed E-state index contributed by atoms with van der Waals surface area (Å²) in [5.41, 5.74) is 2.49. The van der Waals surface area contributed by atoms with Crippen molar-refractivity contribution in [1.82, 2.24) is 4.90 Å². The molecular weight excluding hydrogens is 445 g/mol. The number of nitrogens with zero attached hydrogens (tertiary/aromatic N) is 1. The van der Waals surface area contributed by atoms with Crippen molar-refractivity contribution in [3.05, 3.63) is 63.1 Å². The lowest BCUT2D eigenvalue weighted by molar-refractivity contribution is -0.140. The Kier molecular flexibility index (Phi) is 7.00. The first-order valence-electron chi connectivity index (χ1n) is 9.75. The Morgan fingerprint density at radius 2 is 1.83 bits per heavy atom. The zero-order chi connectivity index (χ0) is 22.1. The standard InChI is InChI=1S/C22H25Cl2NO4S/c1-14-10-19(11-15(2)21(14)24)29-16(3)22(26)25(18-8-9-30(27,28)13-18)12-17-6-4-5-7-20(17)23/h4-7,10-11,16,18H,8-9,12-13H2,1-3H3/t16-,18-/m1/s1. The molecule has 2 aromatic carbocycles. The third kappa shape index (κ3) is 5.29. The van der Waals surface area contributed by atoms with Gasteiger partial charge < -0.3 is 9.64 Å². The molecule has 5 nitrogen and oxygen atoms in total. The van der Waals surface area contributed by atoms with Crippen LogP contribution in [0.3, 0.4) is 0 Å². The number of ether oxygens (including phenoxy) is 1. The van der Waals surface area contributed by atoms with E-state index in [1.165, 1.54) is 0 Å². The van der Waals surface area contributed by atoms with Gasteiger partial charge in [-0.15, -0.1) is 0 Å². The Bertz CT molecular complexity index is 1030. The van der Waals surface area contributed by atoms with Gasteiger partial charge in [0.1, 0.15) is 5.75 Å². The zero-order valence-corrected chi connectivity index (χ0v) is 19.5. The summed E-state index contributed by atoms with van der Waals surface area (Å²) < 4.78 is 30.0. The van der Waals surface area contributed by atoms with Crippen LogP contribution in [0.25, 0.3) is 0 Å². The quantitative estimate of drug-likeness (QED) is 0.620. The molecule has 162 valence electrons. The van der Waals surface area contributed by atoms with Crippen LogP contribution < -0.4 is 4.74 Å². The van der Waals surface area contributed by atoms with Gasteiger partial charge in [-0.25, -0.2) is 8.42 Å². The molecular formula is C22H25Cl2NO4S. The van der Waals surface area contributed by atoms with E-state index in [2.05, 4.69) is 0 Å². The van der Waals surface area contributed by atoms with E-state index in [4.69, 9.17) is 27.9 Å². The second-order valence-electron chi connectivity index (χ2n) is 7.75. The van der Waals surface area contributed by atoms with E-state index in [1.807, 2.05) is 32.0 Å². The normalized spacial score (nSPS) is 18.8. The van der Waals surface area contributed by atoms with Gasteiger partial charge in [0.15, 0.2) is 15.9 Å². The van der Waals surface area contributed by atoms with Crippen molar-refractivity contribution < 1.29 is 17.9 Å². The lowest BCUT2D eigenvalue weighted by Gasteiger charge is -2.31. The van der Waals surface area contributed by atoms with E-state index in [0.717, 1.165) is 16.7 Å². The maximum atomic E-state index is 13.3. The molecule has 0 spiro atoms. The minimum Gasteiger partial charge on any atom is -0.481 e. The van der Waals surface area contributed by atoms with Crippen LogP contribution in [0.15, 0.2) is 36.4 Å². The first-order valence-corrected chi connectivity index (χ1v) is 12.3. The lowest BCUT2D eigenvalue weighted by atomic mass is 10.1. The zero-order valence-electron chi connectivity index (χ0n) is 17.2. The fourth-order valence-electron chi connectivity index (χ4n) is 3.68. The predicted octanol–water partition coefficient (Wildman–Crippen LogP) is 4.59. The Balaban J connectivity index is 1.84. The number of amides is 1. The Morgan fingerprint density at radius 1 is 1.20 bits per heavy atom. The summed E-state index contributed by atoms with van der Waals surface area (Å²) in [4.78, 5) is 14.9. The Hall–Kier alpha value is -1.76. The number of sulfone groups is 1. The van der Waals surface area contributed by atoms with Crippen molar-refractivity contribution in [3.8, 4) is 5.75 Å². The van der Waals surface area contributed by atoms with Crippen molar-refractivity contribution in [2.45, 2.75) is 45.9 Å². The summed E-state index contributed by atoms with van der Waals surface area (Å²) >= 11 is 12.5. The topological polar surface area (TPSA) is 63.7 Å². The van der Waals surface area contributed by atoms with E-state index >= 15 is 0 Å². The molecule has 0 aromatic heterocycles. The monoisotopic (exact) mass is 469 g/mol. The highest BCUT2D eigenvalue weighted by Gasteiger charge is 2.37. The van der Waals surface area contributed by atoms with Gasteiger partial charge in [-0.2, -0.15) is 0 Å². The third-order valence-electron chi connectivity index (χ3n) is 5.30. The van der Waals surface area contributed by atoms with Crippen molar-refractivity contribution in [2.75, 3.05) is 11.5 Å². The summed E-state index contributed by atoms with van der Waals surface area (Å²) in [5.74, 6) is 0.304. The van der Waals surface area contributed by atoms with E-state index in [-0.39, 0.29) is 24.0 Å². The van der Waals surface area contributed by atoms with E-state index in [0.29, 0.717) is 22.2 Å². The minimum absolute atomic E-state index is 0.0466. The number of aryl methyl sites for hydroxylation is 2. The van der Waals surface area contributed by atoms with Crippen LogP contribution in [-0.4, -0.2) is 42.9 Å². The van der Waals surface area contributed by atoms with Crippen molar-refractivity contribution in [2.24, 2.45) is 0 Å². The van der Waals surface area contributed by atoms with Gasteiger partial charge in [-0.05, 0) is 62.1 Å². The Morgan fingerprint density at radius 3 is 2.40 bits per heavy atom. The van der Waals surface area contributed by atoms with Crippen LogP contribution in [0.1, 0.15) is 30.0 Å². The van der Waals surface area contributed by atoms with Crippen molar-refractivity contribution in [3.63, 3.8) is 0 Å². The van der Waals surface area contributed by atoms with Gasteiger partial charge in [0.2, 0.25) is 0 Å². The van der Waals surface area contributed by atoms with Crippen LogP contribution in [0.2, 0.25) is 10.0 Å². The summed E-state index contributed by atoms with van der Waals surface area (Å²) in [7, 11) is -3.16. The first kappa shape index (κ1) is 22.9. The number of hydrogen-bond acceptors (Lipinski definition) is 4. The fraction of sp³-hybridized carbons (Fsp3) is 0.409. The third-order valence-corrected chi connectivity index (χ3v) is 8.02. The lowest BCUT2D eigenvalue weighted by Crippen LogP contribution is -2.46. The van der Waals surface area contributed by atoms with Gasteiger partial charge in [-0.3, -0.25) is 4.79 Å². The highest BCUT2D eigenvalue weighted by Crippen LogP contribution is 2.28. The van der Waals surface area contributed by atoms with Crippen molar-refractivity contribution >= 4 is 38.9 Å². The summed E-state index contributed by atoms with van der Waals surface area (Å²) in [5, 5.41) is 1.20. The molecule has 1 fully saturated rings. The van der Waals surface area contributed by atoms with Crippen LogP contribution >= 0.6 is 23.2 Å². The molecule has 0 aliphatic carbocycles. The molecule has 1 amide bonds. The van der Waals surface area contributed by atoms with Crippen LogP contribution in [0.4, 0.5) is 0 Å². The number of carbonyl (C=O) groups excluding carboxylic acids is 1. The van der Waals surface area contributed by atoms with Gasteiger partial charge in [0.05, 0.1) is 11.5 Å². The van der Waals surface area contributed by atoms with Gasteiger partial charge in [0.25, 0.3) is 5.91 Å².